The molecular formula is C17H27N5O3S. The van der Waals surface area contributed by atoms with Gasteiger partial charge in [0.05, 0.1) is 19.1 Å². The standard InChI is InChI=1S/C17H27N5O3S/c1-13(11-21-6-8-25-9-7-21)19-17(24)22-5-2-3-14(12-22)15(23)20-16-18-4-10-26-16/h4,10,13-14H,2-3,5-9,11-12H2,1H3,(H,19,24)(H,18,20,23). The lowest BCUT2D eigenvalue weighted by molar-refractivity contribution is -0.121. The Balaban J connectivity index is 1.45. The van der Waals surface area contributed by atoms with Crippen molar-refractivity contribution < 1.29 is 14.3 Å². The van der Waals surface area contributed by atoms with Gasteiger partial charge in [0.2, 0.25) is 5.91 Å². The monoisotopic (exact) mass is 381 g/mol. The van der Waals surface area contributed by atoms with Crippen molar-refractivity contribution >= 4 is 28.4 Å². The summed E-state index contributed by atoms with van der Waals surface area (Å²) in [6.45, 7) is 7.29. The molecule has 0 bridgehead atoms. The minimum absolute atomic E-state index is 0.0567. The van der Waals surface area contributed by atoms with Gasteiger partial charge in [-0.05, 0) is 19.8 Å². The van der Waals surface area contributed by atoms with E-state index in [0.29, 0.717) is 18.2 Å². The van der Waals surface area contributed by atoms with Gasteiger partial charge in [0, 0.05) is 50.3 Å². The SMILES string of the molecule is CC(CN1CCOCC1)NC(=O)N1CCCC(C(=O)Nc2nccs2)C1. The van der Waals surface area contributed by atoms with Crippen molar-refractivity contribution in [2.45, 2.75) is 25.8 Å². The fourth-order valence-corrected chi connectivity index (χ4v) is 3.92. The van der Waals surface area contributed by atoms with Crippen LogP contribution in [-0.2, 0) is 9.53 Å². The molecule has 2 unspecified atom stereocenters. The third-order valence-corrected chi connectivity index (χ3v) is 5.44. The molecule has 2 aliphatic heterocycles. The van der Waals surface area contributed by atoms with Crippen molar-refractivity contribution in [2.24, 2.45) is 5.92 Å². The highest BCUT2D eigenvalue weighted by atomic mass is 32.1. The zero-order valence-electron chi connectivity index (χ0n) is 15.1. The molecule has 3 heterocycles. The molecule has 2 fully saturated rings. The third kappa shape index (κ3) is 5.39. The van der Waals surface area contributed by atoms with E-state index in [4.69, 9.17) is 4.74 Å². The van der Waals surface area contributed by atoms with Gasteiger partial charge < -0.3 is 20.3 Å². The number of nitrogens with one attached hydrogen (secondary N) is 2. The zero-order chi connectivity index (χ0) is 18.4. The molecule has 8 nitrogen and oxygen atoms in total. The number of likely N-dealkylation sites (tertiary alicyclic amines) is 1. The molecule has 2 aliphatic rings. The van der Waals surface area contributed by atoms with Gasteiger partial charge in [0.25, 0.3) is 0 Å². The van der Waals surface area contributed by atoms with Gasteiger partial charge in [-0.1, -0.05) is 0 Å². The van der Waals surface area contributed by atoms with E-state index >= 15 is 0 Å². The minimum Gasteiger partial charge on any atom is -0.379 e. The number of carbonyl (C=O) groups excluding carboxylic acids is 2. The summed E-state index contributed by atoms with van der Waals surface area (Å²) in [6.07, 6.45) is 3.29. The Morgan fingerprint density at radius 1 is 1.38 bits per heavy atom. The van der Waals surface area contributed by atoms with Gasteiger partial charge in [-0.25, -0.2) is 9.78 Å². The number of aromatic nitrogens is 1. The number of carbonyl (C=O) groups is 2. The minimum atomic E-state index is -0.187. The average molecular weight is 382 g/mol. The van der Waals surface area contributed by atoms with Crippen LogP contribution in [-0.4, -0.2) is 78.7 Å². The van der Waals surface area contributed by atoms with Crippen molar-refractivity contribution in [1.29, 1.82) is 0 Å². The summed E-state index contributed by atoms with van der Waals surface area (Å²) in [5.74, 6) is -0.244. The summed E-state index contributed by atoms with van der Waals surface area (Å²) in [4.78, 5) is 33.1. The van der Waals surface area contributed by atoms with Crippen LogP contribution in [0, 0.1) is 5.92 Å². The van der Waals surface area contributed by atoms with Crippen molar-refractivity contribution in [3.8, 4) is 0 Å². The Morgan fingerprint density at radius 2 is 2.19 bits per heavy atom. The summed E-state index contributed by atoms with van der Waals surface area (Å²) in [5, 5.41) is 8.33. The van der Waals surface area contributed by atoms with Crippen LogP contribution in [0.25, 0.3) is 0 Å². The molecule has 0 aromatic carbocycles. The first-order valence-corrected chi connectivity index (χ1v) is 10.1. The number of morpholine rings is 1. The molecule has 2 saturated heterocycles. The lowest BCUT2D eigenvalue weighted by atomic mass is 9.97. The van der Waals surface area contributed by atoms with Crippen LogP contribution < -0.4 is 10.6 Å². The quantitative estimate of drug-likeness (QED) is 0.801. The molecule has 144 valence electrons. The van der Waals surface area contributed by atoms with Crippen LogP contribution in [0.5, 0.6) is 0 Å². The first kappa shape index (κ1) is 19.1. The van der Waals surface area contributed by atoms with E-state index in [0.717, 1.165) is 45.7 Å². The van der Waals surface area contributed by atoms with Crippen LogP contribution in [0.15, 0.2) is 11.6 Å². The molecule has 26 heavy (non-hydrogen) atoms. The number of nitrogens with zero attached hydrogens (tertiary/aromatic N) is 3. The molecule has 9 heteroatoms. The maximum atomic E-state index is 12.6. The molecule has 1 aromatic heterocycles. The number of urea groups is 1. The fourth-order valence-electron chi connectivity index (χ4n) is 3.39. The highest BCUT2D eigenvalue weighted by molar-refractivity contribution is 7.13. The molecule has 2 N–H and O–H groups in total. The van der Waals surface area contributed by atoms with Crippen LogP contribution in [0.1, 0.15) is 19.8 Å². The van der Waals surface area contributed by atoms with Crippen LogP contribution in [0.3, 0.4) is 0 Å². The largest absolute Gasteiger partial charge is 0.379 e. The van der Waals surface area contributed by atoms with Gasteiger partial charge >= 0.3 is 6.03 Å². The van der Waals surface area contributed by atoms with E-state index in [1.165, 1.54) is 11.3 Å². The summed E-state index contributed by atoms with van der Waals surface area (Å²) < 4.78 is 5.35. The molecule has 0 spiro atoms. The zero-order valence-corrected chi connectivity index (χ0v) is 16.0. The van der Waals surface area contributed by atoms with Crippen molar-refractivity contribution in [2.75, 3.05) is 51.3 Å². The van der Waals surface area contributed by atoms with E-state index < -0.39 is 0 Å². The van der Waals surface area contributed by atoms with Gasteiger partial charge in [-0.15, -0.1) is 11.3 Å². The van der Waals surface area contributed by atoms with Crippen LogP contribution in [0.2, 0.25) is 0 Å². The lowest BCUT2D eigenvalue weighted by Gasteiger charge is -2.34. The van der Waals surface area contributed by atoms with E-state index in [-0.39, 0.29) is 23.9 Å². The smallest absolute Gasteiger partial charge is 0.317 e. The van der Waals surface area contributed by atoms with Gasteiger partial charge in [-0.2, -0.15) is 0 Å². The number of piperidine rings is 1. The van der Waals surface area contributed by atoms with Crippen molar-refractivity contribution in [1.82, 2.24) is 20.1 Å². The highest BCUT2D eigenvalue weighted by Gasteiger charge is 2.29. The van der Waals surface area contributed by atoms with E-state index in [2.05, 4.69) is 20.5 Å². The molecule has 3 rings (SSSR count). The molecule has 1 aromatic rings. The number of anilines is 1. The van der Waals surface area contributed by atoms with Crippen LogP contribution in [0.4, 0.5) is 9.93 Å². The van der Waals surface area contributed by atoms with E-state index in [9.17, 15) is 9.59 Å². The van der Waals surface area contributed by atoms with Crippen molar-refractivity contribution in [3.05, 3.63) is 11.6 Å². The Labute approximate surface area is 157 Å². The number of ether oxygens (including phenoxy) is 1. The second kappa shape index (κ2) is 9.29. The van der Waals surface area contributed by atoms with Gasteiger partial charge in [0.15, 0.2) is 5.13 Å². The summed E-state index contributed by atoms with van der Waals surface area (Å²) >= 11 is 1.40. The Morgan fingerprint density at radius 3 is 2.92 bits per heavy atom. The van der Waals surface area contributed by atoms with Crippen molar-refractivity contribution in [3.63, 3.8) is 0 Å². The first-order chi connectivity index (χ1) is 12.6. The molecular weight excluding hydrogens is 354 g/mol. The highest BCUT2D eigenvalue weighted by Crippen LogP contribution is 2.20. The van der Waals surface area contributed by atoms with E-state index in [1.54, 1.807) is 11.1 Å². The molecule has 0 radical (unpaired) electrons. The molecule has 0 aliphatic carbocycles. The summed E-state index contributed by atoms with van der Waals surface area (Å²) in [5.41, 5.74) is 0. The number of hydrogen-bond donors (Lipinski definition) is 2. The van der Waals surface area contributed by atoms with Crippen LogP contribution >= 0.6 is 11.3 Å². The average Bonchev–Trinajstić information content (AvgIpc) is 3.15. The fraction of sp³-hybridized carbons (Fsp3) is 0.706. The number of hydrogen-bond acceptors (Lipinski definition) is 6. The topological polar surface area (TPSA) is 86.8 Å². The maximum absolute atomic E-state index is 12.6. The normalized spacial score (nSPS) is 22.7. The Hall–Kier alpha value is -1.71. The Kier molecular flexibility index (Phi) is 6.81. The summed E-state index contributed by atoms with van der Waals surface area (Å²) in [6, 6.07) is -0.0253. The predicted octanol–water partition coefficient (Wildman–Crippen LogP) is 1.22. The maximum Gasteiger partial charge on any atom is 0.317 e. The Bertz CT molecular complexity index is 591. The number of amides is 3. The van der Waals surface area contributed by atoms with Gasteiger partial charge in [0.1, 0.15) is 0 Å². The van der Waals surface area contributed by atoms with E-state index in [1.807, 2.05) is 12.3 Å². The molecule has 2 atom stereocenters. The predicted molar refractivity (Wildman–Crippen MR) is 100 cm³/mol. The molecule has 3 amide bonds. The number of thiazole rings is 1. The molecule has 0 saturated carbocycles. The van der Waals surface area contributed by atoms with Gasteiger partial charge in [-0.3, -0.25) is 9.69 Å². The first-order valence-electron chi connectivity index (χ1n) is 9.17. The third-order valence-electron chi connectivity index (χ3n) is 4.75. The number of rotatable bonds is 5. The summed E-state index contributed by atoms with van der Waals surface area (Å²) in [7, 11) is 0. The lowest BCUT2D eigenvalue weighted by Crippen LogP contribution is -2.52. The second-order valence-electron chi connectivity index (χ2n) is 6.88. The second-order valence-corrected chi connectivity index (χ2v) is 7.77.